The second kappa shape index (κ2) is 4.68. The average Bonchev–Trinajstić information content (AvgIpc) is 2.81. The number of hydrogen-bond acceptors (Lipinski definition) is 4. The fraction of sp³-hybridized carbons (Fsp3) is 0.143. The van der Waals surface area contributed by atoms with Gasteiger partial charge in [0.15, 0.2) is 5.58 Å². The molecule has 3 aromatic rings. The van der Waals surface area contributed by atoms with Crippen LogP contribution in [0.1, 0.15) is 18.5 Å². The summed E-state index contributed by atoms with van der Waals surface area (Å²) in [7, 11) is 0. The Labute approximate surface area is 109 Å². The van der Waals surface area contributed by atoms with Gasteiger partial charge in [0, 0.05) is 18.5 Å². The average molecular weight is 257 g/mol. The van der Waals surface area contributed by atoms with Gasteiger partial charge < -0.3 is 9.73 Å². The van der Waals surface area contributed by atoms with Gasteiger partial charge in [-0.05, 0) is 36.8 Å². The van der Waals surface area contributed by atoms with Crippen LogP contribution in [-0.4, -0.2) is 9.97 Å². The number of halogens is 1. The normalized spacial score (nSPS) is 12.5. The number of rotatable bonds is 3. The van der Waals surface area contributed by atoms with E-state index in [-0.39, 0.29) is 11.9 Å². The molecular formula is C14H12FN3O. The first-order valence-corrected chi connectivity index (χ1v) is 5.95. The molecule has 4 nitrogen and oxygen atoms in total. The summed E-state index contributed by atoms with van der Waals surface area (Å²) in [5.41, 5.74) is 2.14. The van der Waals surface area contributed by atoms with Crippen LogP contribution in [0.2, 0.25) is 0 Å². The van der Waals surface area contributed by atoms with Crippen molar-refractivity contribution in [1.82, 2.24) is 9.97 Å². The Morgan fingerprint density at radius 1 is 1.21 bits per heavy atom. The lowest BCUT2D eigenvalue weighted by Gasteiger charge is -2.11. The van der Waals surface area contributed by atoms with Crippen LogP contribution in [-0.2, 0) is 0 Å². The molecular weight excluding hydrogens is 245 g/mol. The summed E-state index contributed by atoms with van der Waals surface area (Å²) >= 11 is 0. The van der Waals surface area contributed by atoms with Gasteiger partial charge in [0.1, 0.15) is 11.3 Å². The van der Waals surface area contributed by atoms with E-state index in [0.29, 0.717) is 17.1 Å². The molecule has 96 valence electrons. The Morgan fingerprint density at radius 3 is 2.79 bits per heavy atom. The maximum atomic E-state index is 13.1. The van der Waals surface area contributed by atoms with Crippen LogP contribution < -0.4 is 5.32 Å². The standard InChI is InChI=1S/C14H12FN3O/c1-9(10-4-6-16-7-5-10)17-14-18-12-8-11(15)2-3-13(12)19-14/h2-9H,1H3,(H,17,18)/t9-/m0/s1. The third-order valence-corrected chi connectivity index (χ3v) is 2.90. The quantitative estimate of drug-likeness (QED) is 0.779. The van der Waals surface area contributed by atoms with Crippen molar-refractivity contribution in [3.8, 4) is 0 Å². The molecule has 0 spiro atoms. The molecule has 0 saturated heterocycles. The SMILES string of the molecule is C[C@H](Nc1nc2cc(F)ccc2o1)c1ccncc1. The Morgan fingerprint density at radius 2 is 2.00 bits per heavy atom. The summed E-state index contributed by atoms with van der Waals surface area (Å²) in [6, 6.07) is 8.51. The van der Waals surface area contributed by atoms with Gasteiger partial charge in [0.05, 0.1) is 6.04 Å². The van der Waals surface area contributed by atoms with Gasteiger partial charge in [-0.1, -0.05) is 0 Å². The summed E-state index contributed by atoms with van der Waals surface area (Å²) in [6.45, 7) is 1.99. The van der Waals surface area contributed by atoms with Gasteiger partial charge in [0.25, 0.3) is 6.01 Å². The molecule has 0 radical (unpaired) electrons. The molecule has 1 N–H and O–H groups in total. The van der Waals surface area contributed by atoms with Crippen LogP contribution in [0, 0.1) is 5.82 Å². The Balaban J connectivity index is 1.85. The fourth-order valence-electron chi connectivity index (χ4n) is 1.88. The molecule has 0 aliphatic heterocycles. The number of aromatic nitrogens is 2. The lowest BCUT2D eigenvalue weighted by molar-refractivity contribution is 0.601. The summed E-state index contributed by atoms with van der Waals surface area (Å²) in [6.07, 6.45) is 3.46. The number of anilines is 1. The third kappa shape index (κ3) is 2.40. The first kappa shape index (κ1) is 11.6. The number of pyridine rings is 1. The first-order valence-electron chi connectivity index (χ1n) is 5.95. The Bertz CT molecular complexity index is 696. The second-order valence-corrected chi connectivity index (χ2v) is 4.28. The Hall–Kier alpha value is -2.43. The zero-order chi connectivity index (χ0) is 13.2. The van der Waals surface area contributed by atoms with Crippen molar-refractivity contribution in [2.45, 2.75) is 13.0 Å². The molecule has 3 rings (SSSR count). The number of fused-ring (bicyclic) bond motifs is 1. The first-order chi connectivity index (χ1) is 9.22. The molecule has 0 bridgehead atoms. The number of oxazole rings is 1. The summed E-state index contributed by atoms with van der Waals surface area (Å²) < 4.78 is 18.6. The molecule has 1 atom stereocenters. The van der Waals surface area contributed by atoms with Crippen LogP contribution in [0.3, 0.4) is 0 Å². The topological polar surface area (TPSA) is 51.0 Å². The van der Waals surface area contributed by atoms with E-state index in [9.17, 15) is 4.39 Å². The van der Waals surface area contributed by atoms with Crippen LogP contribution >= 0.6 is 0 Å². The molecule has 0 fully saturated rings. The van der Waals surface area contributed by atoms with E-state index in [0.717, 1.165) is 5.56 Å². The predicted octanol–water partition coefficient (Wildman–Crippen LogP) is 3.54. The number of benzene rings is 1. The summed E-state index contributed by atoms with van der Waals surface area (Å²) in [4.78, 5) is 8.18. The van der Waals surface area contributed by atoms with Crippen LogP contribution in [0.15, 0.2) is 47.1 Å². The van der Waals surface area contributed by atoms with E-state index in [1.54, 1.807) is 18.5 Å². The summed E-state index contributed by atoms with van der Waals surface area (Å²) in [5, 5.41) is 3.14. The van der Waals surface area contributed by atoms with E-state index in [4.69, 9.17) is 4.42 Å². The lowest BCUT2D eigenvalue weighted by Crippen LogP contribution is -2.06. The van der Waals surface area contributed by atoms with Crippen molar-refractivity contribution in [3.05, 3.63) is 54.1 Å². The van der Waals surface area contributed by atoms with Crippen LogP contribution in [0.4, 0.5) is 10.4 Å². The third-order valence-electron chi connectivity index (χ3n) is 2.90. The number of nitrogens with zero attached hydrogens (tertiary/aromatic N) is 2. The minimum absolute atomic E-state index is 0.0286. The number of nitrogens with one attached hydrogen (secondary N) is 1. The molecule has 2 aromatic heterocycles. The monoisotopic (exact) mass is 257 g/mol. The van der Waals surface area contributed by atoms with Gasteiger partial charge in [-0.15, -0.1) is 0 Å². The maximum Gasteiger partial charge on any atom is 0.296 e. The van der Waals surface area contributed by atoms with Gasteiger partial charge in [-0.25, -0.2) is 4.39 Å². The van der Waals surface area contributed by atoms with Crippen LogP contribution in [0.5, 0.6) is 0 Å². The Kier molecular flexibility index (Phi) is 2.87. The van der Waals surface area contributed by atoms with Crippen molar-refractivity contribution in [3.63, 3.8) is 0 Å². The minimum Gasteiger partial charge on any atom is -0.424 e. The van der Waals surface area contributed by atoms with Crippen LogP contribution in [0.25, 0.3) is 11.1 Å². The van der Waals surface area contributed by atoms with Crippen molar-refractivity contribution < 1.29 is 8.81 Å². The zero-order valence-corrected chi connectivity index (χ0v) is 10.3. The van der Waals surface area contributed by atoms with Crippen molar-refractivity contribution in [1.29, 1.82) is 0 Å². The molecule has 0 aliphatic rings. The van der Waals surface area contributed by atoms with Gasteiger partial charge in [0.2, 0.25) is 0 Å². The van der Waals surface area contributed by atoms with E-state index in [2.05, 4.69) is 15.3 Å². The molecule has 0 unspecified atom stereocenters. The highest BCUT2D eigenvalue weighted by Gasteiger charge is 2.10. The largest absolute Gasteiger partial charge is 0.424 e. The summed E-state index contributed by atoms with van der Waals surface area (Å²) in [5.74, 6) is -0.325. The molecule has 1 aromatic carbocycles. The van der Waals surface area contributed by atoms with Gasteiger partial charge in [-0.3, -0.25) is 4.98 Å². The minimum atomic E-state index is -0.325. The molecule has 5 heteroatoms. The maximum absolute atomic E-state index is 13.1. The second-order valence-electron chi connectivity index (χ2n) is 4.28. The van der Waals surface area contributed by atoms with Crippen molar-refractivity contribution in [2.75, 3.05) is 5.32 Å². The highest BCUT2D eigenvalue weighted by Crippen LogP contribution is 2.23. The molecule has 0 saturated carbocycles. The highest BCUT2D eigenvalue weighted by molar-refractivity contribution is 5.74. The van der Waals surface area contributed by atoms with E-state index in [1.807, 2.05) is 19.1 Å². The highest BCUT2D eigenvalue weighted by atomic mass is 19.1. The molecule has 0 aliphatic carbocycles. The molecule has 0 amide bonds. The smallest absolute Gasteiger partial charge is 0.296 e. The van der Waals surface area contributed by atoms with Gasteiger partial charge in [-0.2, -0.15) is 4.98 Å². The van der Waals surface area contributed by atoms with E-state index >= 15 is 0 Å². The van der Waals surface area contributed by atoms with Crippen molar-refractivity contribution >= 4 is 17.1 Å². The molecule has 19 heavy (non-hydrogen) atoms. The van der Waals surface area contributed by atoms with E-state index < -0.39 is 0 Å². The number of hydrogen-bond donors (Lipinski definition) is 1. The zero-order valence-electron chi connectivity index (χ0n) is 10.3. The van der Waals surface area contributed by atoms with E-state index in [1.165, 1.54) is 12.1 Å². The predicted molar refractivity (Wildman–Crippen MR) is 70.2 cm³/mol. The lowest BCUT2D eigenvalue weighted by atomic mass is 10.1. The molecule has 2 heterocycles. The van der Waals surface area contributed by atoms with Crippen molar-refractivity contribution in [2.24, 2.45) is 0 Å². The fourth-order valence-corrected chi connectivity index (χ4v) is 1.88. The van der Waals surface area contributed by atoms with Gasteiger partial charge >= 0.3 is 0 Å².